The molecular formula is C18H21ClN2O3S. The first kappa shape index (κ1) is 19.4. The number of carbonyl (C=O) groups excluding carboxylic acids is 1. The van der Waals surface area contributed by atoms with Gasteiger partial charge in [0, 0.05) is 30.2 Å². The minimum Gasteiger partial charge on any atom is -0.326 e. The third-order valence-corrected chi connectivity index (χ3v) is 5.25. The Morgan fingerprint density at radius 1 is 1.12 bits per heavy atom. The molecule has 0 unspecified atom stereocenters. The van der Waals surface area contributed by atoms with Crippen LogP contribution in [0.25, 0.3) is 0 Å². The predicted octanol–water partition coefficient (Wildman–Crippen LogP) is 3.44. The van der Waals surface area contributed by atoms with Gasteiger partial charge in [-0.2, -0.15) is 4.31 Å². The third kappa shape index (κ3) is 6.16. The number of para-hydroxylation sites is 1. The Morgan fingerprint density at radius 3 is 2.36 bits per heavy atom. The van der Waals surface area contributed by atoms with Gasteiger partial charge in [0.15, 0.2) is 0 Å². The van der Waals surface area contributed by atoms with Gasteiger partial charge < -0.3 is 5.32 Å². The highest BCUT2D eigenvalue weighted by atomic mass is 35.5. The first-order valence-electron chi connectivity index (χ1n) is 7.81. The molecule has 0 aliphatic carbocycles. The maximum atomic E-state index is 12.1. The van der Waals surface area contributed by atoms with E-state index in [-0.39, 0.29) is 25.4 Å². The van der Waals surface area contributed by atoms with E-state index in [4.69, 9.17) is 11.6 Å². The van der Waals surface area contributed by atoms with Crippen LogP contribution in [0.15, 0.2) is 48.5 Å². The summed E-state index contributed by atoms with van der Waals surface area (Å²) in [5.41, 5.74) is 2.50. The molecule has 0 aliphatic heterocycles. The minimum absolute atomic E-state index is 0.0784. The highest BCUT2D eigenvalue weighted by Crippen LogP contribution is 2.15. The van der Waals surface area contributed by atoms with Gasteiger partial charge in [-0.25, -0.2) is 8.42 Å². The van der Waals surface area contributed by atoms with E-state index < -0.39 is 10.0 Å². The standard InChI is InChI=1S/C18H21ClN2O3S/c1-14-5-3-4-6-17(14)20-18(22)11-12-21(25(2,23)24)13-15-7-9-16(19)10-8-15/h3-10H,11-13H2,1-2H3,(H,20,22). The van der Waals surface area contributed by atoms with Crippen molar-refractivity contribution in [2.75, 3.05) is 18.1 Å². The number of sulfonamides is 1. The summed E-state index contributed by atoms with van der Waals surface area (Å²) in [6, 6.07) is 14.4. The van der Waals surface area contributed by atoms with Gasteiger partial charge in [0.1, 0.15) is 0 Å². The van der Waals surface area contributed by atoms with Crippen molar-refractivity contribution in [3.63, 3.8) is 0 Å². The van der Waals surface area contributed by atoms with Gasteiger partial charge in [0.25, 0.3) is 0 Å². The summed E-state index contributed by atoms with van der Waals surface area (Å²) in [6.45, 7) is 2.21. The highest BCUT2D eigenvalue weighted by molar-refractivity contribution is 7.88. The number of carbonyl (C=O) groups is 1. The SMILES string of the molecule is Cc1ccccc1NC(=O)CCN(Cc1ccc(Cl)cc1)S(C)(=O)=O. The number of nitrogens with zero attached hydrogens (tertiary/aromatic N) is 1. The smallest absolute Gasteiger partial charge is 0.225 e. The maximum Gasteiger partial charge on any atom is 0.225 e. The second-order valence-electron chi connectivity index (χ2n) is 5.84. The first-order valence-corrected chi connectivity index (χ1v) is 10.0. The van der Waals surface area contributed by atoms with E-state index in [1.54, 1.807) is 24.3 Å². The Bertz CT molecular complexity index is 836. The van der Waals surface area contributed by atoms with E-state index in [9.17, 15) is 13.2 Å². The Kier molecular flexibility index (Phi) is 6.58. The van der Waals surface area contributed by atoms with Crippen molar-refractivity contribution in [3.8, 4) is 0 Å². The van der Waals surface area contributed by atoms with Gasteiger partial charge in [0.05, 0.1) is 6.26 Å². The van der Waals surface area contributed by atoms with Gasteiger partial charge >= 0.3 is 0 Å². The average molecular weight is 381 g/mol. The number of hydrogen-bond acceptors (Lipinski definition) is 3. The Balaban J connectivity index is 1.99. The Hall–Kier alpha value is -1.89. The van der Waals surface area contributed by atoms with Crippen LogP contribution in [-0.4, -0.2) is 31.4 Å². The van der Waals surface area contributed by atoms with Crippen molar-refractivity contribution in [2.45, 2.75) is 19.9 Å². The van der Waals surface area contributed by atoms with Crippen LogP contribution < -0.4 is 5.32 Å². The molecule has 0 aromatic heterocycles. The summed E-state index contributed by atoms with van der Waals surface area (Å²) >= 11 is 5.85. The lowest BCUT2D eigenvalue weighted by Gasteiger charge is -2.20. The molecule has 25 heavy (non-hydrogen) atoms. The summed E-state index contributed by atoms with van der Waals surface area (Å²) in [5, 5.41) is 3.40. The molecule has 0 atom stereocenters. The predicted molar refractivity (Wildman–Crippen MR) is 101 cm³/mol. The lowest BCUT2D eigenvalue weighted by molar-refractivity contribution is -0.116. The molecule has 2 rings (SSSR count). The molecule has 2 aromatic rings. The van der Waals surface area contributed by atoms with Crippen molar-refractivity contribution in [1.29, 1.82) is 0 Å². The second kappa shape index (κ2) is 8.47. The van der Waals surface area contributed by atoms with Crippen LogP contribution in [0.2, 0.25) is 5.02 Å². The monoisotopic (exact) mass is 380 g/mol. The minimum atomic E-state index is -3.43. The lowest BCUT2D eigenvalue weighted by atomic mass is 10.2. The van der Waals surface area contributed by atoms with Crippen molar-refractivity contribution in [2.24, 2.45) is 0 Å². The number of aryl methyl sites for hydroxylation is 1. The van der Waals surface area contributed by atoms with E-state index in [2.05, 4.69) is 5.32 Å². The van der Waals surface area contributed by atoms with E-state index >= 15 is 0 Å². The number of nitrogens with one attached hydrogen (secondary N) is 1. The van der Waals surface area contributed by atoms with Gasteiger partial charge in [-0.05, 0) is 36.2 Å². The summed E-state index contributed by atoms with van der Waals surface area (Å²) in [6.07, 6.45) is 1.22. The first-order chi connectivity index (χ1) is 11.8. The van der Waals surface area contributed by atoms with Crippen molar-refractivity contribution < 1.29 is 13.2 Å². The topological polar surface area (TPSA) is 66.5 Å². The molecule has 0 bridgehead atoms. The largest absolute Gasteiger partial charge is 0.326 e. The summed E-state index contributed by atoms with van der Waals surface area (Å²) in [5.74, 6) is -0.223. The number of amides is 1. The molecule has 0 heterocycles. The highest BCUT2D eigenvalue weighted by Gasteiger charge is 2.18. The summed E-state index contributed by atoms with van der Waals surface area (Å²) in [7, 11) is -3.43. The molecule has 1 amide bonds. The fourth-order valence-electron chi connectivity index (χ4n) is 2.31. The van der Waals surface area contributed by atoms with E-state index in [0.29, 0.717) is 5.02 Å². The molecule has 1 N–H and O–H groups in total. The van der Waals surface area contributed by atoms with Crippen LogP contribution in [0.5, 0.6) is 0 Å². The van der Waals surface area contributed by atoms with Crippen molar-refractivity contribution in [3.05, 3.63) is 64.7 Å². The molecule has 134 valence electrons. The van der Waals surface area contributed by atoms with Crippen molar-refractivity contribution >= 4 is 33.2 Å². The lowest BCUT2D eigenvalue weighted by Crippen LogP contribution is -2.32. The van der Waals surface area contributed by atoms with Crippen LogP contribution in [0.3, 0.4) is 0 Å². The molecule has 0 spiro atoms. The van der Waals surface area contributed by atoms with Crippen LogP contribution in [-0.2, 0) is 21.4 Å². The van der Waals surface area contributed by atoms with Crippen LogP contribution >= 0.6 is 11.6 Å². The maximum absolute atomic E-state index is 12.1. The molecule has 2 aromatic carbocycles. The zero-order chi connectivity index (χ0) is 18.4. The van der Waals surface area contributed by atoms with Crippen LogP contribution in [0.4, 0.5) is 5.69 Å². The van der Waals surface area contributed by atoms with Crippen molar-refractivity contribution in [1.82, 2.24) is 4.31 Å². The third-order valence-electron chi connectivity index (χ3n) is 3.75. The molecule has 0 saturated carbocycles. The van der Waals surface area contributed by atoms with Gasteiger partial charge in [-0.1, -0.05) is 41.9 Å². The molecule has 0 aliphatic rings. The molecule has 5 nitrogen and oxygen atoms in total. The van der Waals surface area contributed by atoms with Gasteiger partial charge in [-0.15, -0.1) is 0 Å². The Morgan fingerprint density at radius 2 is 1.76 bits per heavy atom. The fraction of sp³-hybridized carbons (Fsp3) is 0.278. The fourth-order valence-corrected chi connectivity index (χ4v) is 3.24. The molecule has 7 heteroatoms. The molecule has 0 radical (unpaired) electrons. The number of hydrogen-bond donors (Lipinski definition) is 1. The average Bonchev–Trinajstić information content (AvgIpc) is 2.54. The van der Waals surface area contributed by atoms with Gasteiger partial charge in [-0.3, -0.25) is 4.79 Å². The number of anilines is 1. The van der Waals surface area contributed by atoms with E-state index in [1.165, 1.54) is 4.31 Å². The number of benzene rings is 2. The zero-order valence-corrected chi connectivity index (χ0v) is 15.8. The summed E-state index contributed by atoms with van der Waals surface area (Å²) in [4.78, 5) is 12.1. The normalized spacial score (nSPS) is 11.5. The van der Waals surface area contributed by atoms with E-state index in [1.807, 2.05) is 31.2 Å². The van der Waals surface area contributed by atoms with Crippen LogP contribution in [0, 0.1) is 6.92 Å². The summed E-state index contributed by atoms with van der Waals surface area (Å²) < 4.78 is 25.3. The molecule has 0 saturated heterocycles. The quantitative estimate of drug-likeness (QED) is 0.800. The zero-order valence-electron chi connectivity index (χ0n) is 14.2. The number of rotatable bonds is 7. The van der Waals surface area contributed by atoms with E-state index in [0.717, 1.165) is 23.1 Å². The molecular weight excluding hydrogens is 360 g/mol. The second-order valence-corrected chi connectivity index (χ2v) is 8.25. The van der Waals surface area contributed by atoms with Gasteiger partial charge in [0.2, 0.25) is 15.9 Å². The Labute approximate surface area is 153 Å². The molecule has 0 fully saturated rings. The number of halogens is 1. The van der Waals surface area contributed by atoms with Crippen LogP contribution in [0.1, 0.15) is 17.5 Å².